The van der Waals surface area contributed by atoms with Gasteiger partial charge in [-0.3, -0.25) is 4.79 Å². The Hall–Kier alpha value is -0.980. The molecule has 0 aliphatic rings. The number of Topliss-reactive ketones (excluding diaryl/α,β-unsaturated/α-hetero) is 1. The van der Waals surface area contributed by atoms with Gasteiger partial charge < -0.3 is 0 Å². The van der Waals surface area contributed by atoms with Crippen LogP contribution in [-0.2, 0) is 11.0 Å². The van der Waals surface area contributed by atoms with E-state index in [1.807, 2.05) is 0 Å². The summed E-state index contributed by atoms with van der Waals surface area (Å²) < 4.78 is 63.5. The molecule has 100 valence electrons. The minimum atomic E-state index is -4.88. The number of carbonyl (C=O) groups excluding carboxylic acids is 1. The smallest absolute Gasteiger partial charge is 0.298 e. The zero-order valence-corrected chi connectivity index (χ0v) is 10.6. The summed E-state index contributed by atoms with van der Waals surface area (Å²) in [6, 6.07) is 2.66. The summed E-state index contributed by atoms with van der Waals surface area (Å²) in [6.45, 7) is 1.11. The van der Waals surface area contributed by atoms with Crippen molar-refractivity contribution in [2.75, 3.05) is 0 Å². The van der Waals surface area contributed by atoms with E-state index in [4.69, 9.17) is 0 Å². The molecule has 1 unspecified atom stereocenters. The Balaban J connectivity index is 3.50. The van der Waals surface area contributed by atoms with E-state index in [1.165, 1.54) is 0 Å². The van der Waals surface area contributed by atoms with Gasteiger partial charge in [-0.05, 0) is 18.6 Å². The van der Waals surface area contributed by atoms with Crippen LogP contribution in [0.4, 0.5) is 22.0 Å². The predicted octanol–water partition coefficient (Wildman–Crippen LogP) is 4.67. The summed E-state index contributed by atoms with van der Waals surface area (Å²) in [5.41, 5.74) is -2.92. The second-order valence-corrected chi connectivity index (χ2v) is 4.50. The topological polar surface area (TPSA) is 17.1 Å². The molecule has 0 saturated carbocycles. The SMILES string of the molecule is CC(=O)C(Br)c1cccc(C(F)(F)F)c1C(F)F. The lowest BCUT2D eigenvalue weighted by atomic mass is 9.97. The first-order chi connectivity index (χ1) is 8.16. The van der Waals surface area contributed by atoms with Gasteiger partial charge >= 0.3 is 6.18 Å². The fourth-order valence-corrected chi connectivity index (χ4v) is 1.91. The molecule has 7 heteroatoms. The van der Waals surface area contributed by atoms with E-state index in [1.54, 1.807) is 0 Å². The molecule has 1 atom stereocenters. The first-order valence-corrected chi connectivity index (χ1v) is 5.70. The van der Waals surface area contributed by atoms with Gasteiger partial charge in [0.2, 0.25) is 0 Å². The van der Waals surface area contributed by atoms with Crippen molar-refractivity contribution in [3.8, 4) is 0 Å². The molecule has 1 nitrogen and oxygen atoms in total. The number of alkyl halides is 6. The number of ketones is 1. The third-order valence-electron chi connectivity index (χ3n) is 2.29. The lowest BCUT2D eigenvalue weighted by Crippen LogP contribution is -2.14. The maximum Gasteiger partial charge on any atom is 0.416 e. The van der Waals surface area contributed by atoms with Gasteiger partial charge in [0.05, 0.1) is 10.4 Å². The van der Waals surface area contributed by atoms with Gasteiger partial charge in [-0.2, -0.15) is 13.2 Å². The Kier molecular flexibility index (Phi) is 4.47. The van der Waals surface area contributed by atoms with Crippen molar-refractivity contribution < 1.29 is 26.7 Å². The molecular weight excluding hydrogens is 323 g/mol. The van der Waals surface area contributed by atoms with E-state index in [9.17, 15) is 26.7 Å². The Labute approximate surface area is 108 Å². The molecular formula is C11H8BrF5O. The molecule has 0 bridgehead atoms. The maximum absolute atomic E-state index is 12.8. The van der Waals surface area contributed by atoms with Gasteiger partial charge in [0.25, 0.3) is 6.43 Å². The van der Waals surface area contributed by atoms with Crippen molar-refractivity contribution >= 4 is 21.7 Å². The van der Waals surface area contributed by atoms with Crippen LogP contribution in [0.2, 0.25) is 0 Å². The van der Waals surface area contributed by atoms with Crippen molar-refractivity contribution in [3.05, 3.63) is 34.9 Å². The average molecular weight is 331 g/mol. The van der Waals surface area contributed by atoms with Gasteiger partial charge in [-0.1, -0.05) is 28.1 Å². The molecule has 18 heavy (non-hydrogen) atoms. The quantitative estimate of drug-likeness (QED) is 0.581. The zero-order chi connectivity index (χ0) is 14.1. The molecule has 0 N–H and O–H groups in total. The van der Waals surface area contributed by atoms with Crippen LogP contribution < -0.4 is 0 Å². The Morgan fingerprint density at radius 1 is 1.28 bits per heavy atom. The second kappa shape index (κ2) is 5.34. The highest BCUT2D eigenvalue weighted by Crippen LogP contribution is 2.41. The third kappa shape index (κ3) is 3.07. The van der Waals surface area contributed by atoms with Crippen LogP contribution in [0.1, 0.15) is 34.9 Å². The molecule has 0 fully saturated rings. The van der Waals surface area contributed by atoms with Crippen LogP contribution in [0.3, 0.4) is 0 Å². The van der Waals surface area contributed by atoms with Gasteiger partial charge in [0.1, 0.15) is 5.78 Å². The highest BCUT2D eigenvalue weighted by atomic mass is 79.9. The van der Waals surface area contributed by atoms with Crippen molar-refractivity contribution in [2.45, 2.75) is 24.4 Å². The molecule has 0 spiro atoms. The van der Waals surface area contributed by atoms with E-state index in [2.05, 4.69) is 15.9 Å². The summed E-state index contributed by atoms with van der Waals surface area (Å²) in [4.78, 5) is 9.93. The minimum absolute atomic E-state index is 0.354. The van der Waals surface area contributed by atoms with Crippen LogP contribution in [0, 0.1) is 0 Å². The summed E-state index contributed by atoms with van der Waals surface area (Å²) in [5, 5.41) is 0. The van der Waals surface area contributed by atoms with E-state index in [0.29, 0.717) is 6.07 Å². The van der Waals surface area contributed by atoms with E-state index in [0.717, 1.165) is 19.1 Å². The number of benzene rings is 1. The monoisotopic (exact) mass is 330 g/mol. The van der Waals surface area contributed by atoms with Gasteiger partial charge in [0, 0.05) is 5.56 Å². The van der Waals surface area contributed by atoms with Gasteiger partial charge in [-0.25, -0.2) is 8.78 Å². The largest absolute Gasteiger partial charge is 0.416 e. The molecule has 0 amide bonds. The molecule has 0 aliphatic carbocycles. The van der Waals surface area contributed by atoms with Crippen LogP contribution in [0.15, 0.2) is 18.2 Å². The molecule has 1 rings (SSSR count). The lowest BCUT2D eigenvalue weighted by molar-refractivity contribution is -0.139. The molecule has 0 aliphatic heterocycles. The standard InChI is InChI=1S/C11H8BrF5O/c1-5(18)9(12)6-3-2-4-7(11(15,16)17)8(6)10(13)14/h2-4,9-10H,1H3. The van der Waals surface area contributed by atoms with Crippen LogP contribution >= 0.6 is 15.9 Å². The summed E-state index contributed by atoms with van der Waals surface area (Å²) in [7, 11) is 0. The fraction of sp³-hybridized carbons (Fsp3) is 0.364. The molecule has 1 aromatic carbocycles. The fourth-order valence-electron chi connectivity index (χ4n) is 1.51. The van der Waals surface area contributed by atoms with Gasteiger partial charge in [0.15, 0.2) is 0 Å². The number of carbonyl (C=O) groups is 1. The van der Waals surface area contributed by atoms with E-state index in [-0.39, 0.29) is 5.56 Å². The Morgan fingerprint density at radius 2 is 1.83 bits per heavy atom. The van der Waals surface area contributed by atoms with Crippen LogP contribution in [-0.4, -0.2) is 5.78 Å². The van der Waals surface area contributed by atoms with Crippen molar-refractivity contribution in [1.82, 2.24) is 0 Å². The first-order valence-electron chi connectivity index (χ1n) is 4.79. The number of hydrogen-bond donors (Lipinski definition) is 0. The molecule has 0 saturated heterocycles. The summed E-state index contributed by atoms with van der Waals surface area (Å²) >= 11 is 2.82. The highest BCUT2D eigenvalue weighted by molar-refractivity contribution is 9.09. The third-order valence-corrected chi connectivity index (χ3v) is 3.43. The molecule has 0 aromatic heterocycles. The maximum atomic E-state index is 12.8. The lowest BCUT2D eigenvalue weighted by Gasteiger charge is -2.18. The first kappa shape index (κ1) is 15.1. The van der Waals surface area contributed by atoms with Crippen LogP contribution in [0.25, 0.3) is 0 Å². The number of halogens is 6. The number of hydrogen-bond acceptors (Lipinski definition) is 1. The molecule has 0 heterocycles. The average Bonchev–Trinajstić information content (AvgIpc) is 2.25. The Morgan fingerprint density at radius 3 is 2.22 bits per heavy atom. The van der Waals surface area contributed by atoms with E-state index < -0.39 is 34.3 Å². The zero-order valence-electron chi connectivity index (χ0n) is 9.06. The summed E-state index contributed by atoms with van der Waals surface area (Å²) in [5.74, 6) is -0.545. The number of rotatable bonds is 3. The molecule has 0 radical (unpaired) electrons. The molecule has 1 aromatic rings. The summed E-state index contributed by atoms with van der Waals surface area (Å²) in [6.07, 6.45) is -8.19. The second-order valence-electron chi connectivity index (χ2n) is 3.58. The predicted molar refractivity (Wildman–Crippen MR) is 58.8 cm³/mol. The van der Waals surface area contributed by atoms with Gasteiger partial charge in [-0.15, -0.1) is 0 Å². The van der Waals surface area contributed by atoms with Crippen LogP contribution in [0.5, 0.6) is 0 Å². The highest BCUT2D eigenvalue weighted by Gasteiger charge is 2.38. The van der Waals surface area contributed by atoms with Crippen molar-refractivity contribution in [2.24, 2.45) is 0 Å². The van der Waals surface area contributed by atoms with Crippen molar-refractivity contribution in [1.29, 1.82) is 0 Å². The Bertz CT molecular complexity index is 455. The van der Waals surface area contributed by atoms with E-state index >= 15 is 0 Å². The minimum Gasteiger partial charge on any atom is -0.298 e. The van der Waals surface area contributed by atoms with Crippen molar-refractivity contribution in [3.63, 3.8) is 0 Å². The normalized spacial score (nSPS) is 13.8.